The van der Waals surface area contributed by atoms with E-state index in [1.165, 1.54) is 16.9 Å². The van der Waals surface area contributed by atoms with Gasteiger partial charge in [0, 0.05) is 22.4 Å². The Labute approximate surface area is 133 Å². The maximum atomic E-state index is 12.4. The van der Waals surface area contributed by atoms with Crippen LogP contribution in [0.3, 0.4) is 0 Å². The number of thioether (sulfide) groups is 1. The number of Topliss-reactive ketones (excluding diaryl/α,β-unsaturated/α-hetero) is 1. The van der Waals surface area contributed by atoms with Crippen molar-refractivity contribution in [3.8, 4) is 6.07 Å². The van der Waals surface area contributed by atoms with Gasteiger partial charge in [0.2, 0.25) is 0 Å². The predicted molar refractivity (Wildman–Crippen MR) is 87.8 cm³/mol. The molecule has 2 aromatic rings. The molecule has 1 atom stereocenters. The van der Waals surface area contributed by atoms with E-state index in [9.17, 15) is 10.1 Å². The molecule has 0 radical (unpaired) electrons. The van der Waals surface area contributed by atoms with E-state index < -0.39 is 5.92 Å². The molecule has 5 heteroatoms. The van der Waals surface area contributed by atoms with Crippen molar-refractivity contribution >= 4 is 28.9 Å². The first-order valence-corrected chi connectivity index (χ1v) is 8.71. The third-order valence-corrected chi connectivity index (χ3v) is 4.96. The number of ketones is 1. The highest BCUT2D eigenvalue weighted by molar-refractivity contribution is 7.98. The molecule has 0 N–H and O–H groups in total. The number of thiazole rings is 1. The molecule has 0 fully saturated rings. The number of carbonyl (C=O) groups excluding carboxylic acids is 1. The summed E-state index contributed by atoms with van der Waals surface area (Å²) in [4.78, 5) is 16.7. The third-order valence-electron chi connectivity index (χ3n) is 2.99. The molecular formula is C16H16N2OS2. The number of aryl methyl sites for hydroxylation is 1. The second-order valence-electron chi connectivity index (χ2n) is 4.59. The average Bonchev–Trinajstić information content (AvgIpc) is 2.92. The number of aromatic nitrogens is 1. The highest BCUT2D eigenvalue weighted by Crippen LogP contribution is 2.24. The van der Waals surface area contributed by atoms with Gasteiger partial charge >= 0.3 is 0 Å². The summed E-state index contributed by atoms with van der Waals surface area (Å²) in [5.74, 6) is 1.03. The van der Waals surface area contributed by atoms with Gasteiger partial charge in [-0.2, -0.15) is 17.0 Å². The zero-order valence-electron chi connectivity index (χ0n) is 12.0. The summed E-state index contributed by atoms with van der Waals surface area (Å²) in [5.41, 5.74) is 2.60. The fraction of sp³-hybridized carbons (Fsp3) is 0.312. The summed E-state index contributed by atoms with van der Waals surface area (Å²) in [6.45, 7) is 3.98. The van der Waals surface area contributed by atoms with Crippen molar-refractivity contribution in [3.05, 3.63) is 51.5 Å². The van der Waals surface area contributed by atoms with Crippen LogP contribution in [0.25, 0.3) is 0 Å². The van der Waals surface area contributed by atoms with E-state index in [1.54, 1.807) is 12.1 Å². The number of hydrogen-bond acceptors (Lipinski definition) is 5. The van der Waals surface area contributed by atoms with Gasteiger partial charge in [0.05, 0.1) is 6.07 Å². The summed E-state index contributed by atoms with van der Waals surface area (Å²) in [5, 5.41) is 11.7. The van der Waals surface area contributed by atoms with Gasteiger partial charge in [0.25, 0.3) is 0 Å². The van der Waals surface area contributed by atoms with E-state index in [1.807, 2.05) is 36.2 Å². The second kappa shape index (κ2) is 7.39. The molecule has 0 spiro atoms. The Morgan fingerprint density at radius 3 is 2.67 bits per heavy atom. The number of nitrogens with zero attached hydrogens (tertiary/aromatic N) is 2. The van der Waals surface area contributed by atoms with E-state index in [4.69, 9.17) is 0 Å². The van der Waals surface area contributed by atoms with Crippen LogP contribution in [0.5, 0.6) is 0 Å². The van der Waals surface area contributed by atoms with Crippen LogP contribution in [-0.2, 0) is 5.75 Å². The van der Waals surface area contributed by atoms with Crippen molar-refractivity contribution in [2.24, 2.45) is 0 Å². The molecule has 0 aliphatic heterocycles. The van der Waals surface area contributed by atoms with E-state index in [0.717, 1.165) is 17.2 Å². The van der Waals surface area contributed by atoms with E-state index in [0.29, 0.717) is 10.6 Å². The van der Waals surface area contributed by atoms with Crippen LogP contribution in [0.4, 0.5) is 0 Å². The van der Waals surface area contributed by atoms with Crippen LogP contribution >= 0.6 is 23.1 Å². The maximum absolute atomic E-state index is 12.4. The van der Waals surface area contributed by atoms with E-state index >= 15 is 0 Å². The van der Waals surface area contributed by atoms with Gasteiger partial charge in [0.1, 0.15) is 5.01 Å². The van der Waals surface area contributed by atoms with Gasteiger partial charge in [-0.05, 0) is 18.2 Å². The summed E-state index contributed by atoms with van der Waals surface area (Å²) >= 11 is 3.20. The lowest BCUT2D eigenvalue weighted by Crippen LogP contribution is -2.11. The number of rotatable bonds is 6. The molecule has 2 rings (SSSR count). The lowest BCUT2D eigenvalue weighted by atomic mass is 9.98. The molecule has 0 saturated heterocycles. The lowest BCUT2D eigenvalue weighted by Gasteiger charge is -2.06. The normalized spacial score (nSPS) is 11.9. The first-order chi connectivity index (χ1) is 10.2. The topological polar surface area (TPSA) is 53.8 Å². The number of carbonyl (C=O) groups is 1. The Bertz CT molecular complexity index is 656. The number of benzene rings is 1. The third kappa shape index (κ3) is 3.93. The van der Waals surface area contributed by atoms with Crippen molar-refractivity contribution in [3.63, 3.8) is 0 Å². The van der Waals surface area contributed by atoms with Crippen LogP contribution < -0.4 is 0 Å². The maximum Gasteiger partial charge on any atom is 0.186 e. The van der Waals surface area contributed by atoms with Crippen molar-refractivity contribution in [2.45, 2.75) is 25.5 Å². The highest BCUT2D eigenvalue weighted by Gasteiger charge is 2.24. The van der Waals surface area contributed by atoms with Crippen LogP contribution in [-0.4, -0.2) is 16.5 Å². The largest absolute Gasteiger partial charge is 0.292 e. The summed E-state index contributed by atoms with van der Waals surface area (Å²) < 4.78 is 0. The molecular weight excluding hydrogens is 300 g/mol. The molecule has 1 aromatic heterocycles. The smallest absolute Gasteiger partial charge is 0.186 e. The SMILES string of the molecule is CCSCc1ccc(C(=O)[C@H](C#N)c2nc(C)cs2)cc1. The van der Waals surface area contributed by atoms with Crippen LogP contribution in [0, 0.1) is 18.3 Å². The quantitative estimate of drug-likeness (QED) is 0.750. The van der Waals surface area contributed by atoms with E-state index in [-0.39, 0.29) is 5.78 Å². The van der Waals surface area contributed by atoms with Gasteiger partial charge in [0.15, 0.2) is 11.7 Å². The molecule has 21 heavy (non-hydrogen) atoms. The fourth-order valence-corrected chi connectivity index (χ4v) is 3.35. The Kier molecular flexibility index (Phi) is 5.54. The molecule has 0 unspecified atom stereocenters. The van der Waals surface area contributed by atoms with Crippen molar-refractivity contribution < 1.29 is 4.79 Å². The summed E-state index contributed by atoms with van der Waals surface area (Å²) in [7, 11) is 0. The minimum Gasteiger partial charge on any atom is -0.292 e. The zero-order chi connectivity index (χ0) is 15.2. The Hall–Kier alpha value is -1.64. The minimum absolute atomic E-state index is 0.179. The van der Waals surface area contributed by atoms with Crippen molar-refractivity contribution in [1.29, 1.82) is 5.26 Å². The van der Waals surface area contributed by atoms with Gasteiger partial charge in [-0.15, -0.1) is 11.3 Å². The predicted octanol–water partition coefficient (Wildman–Crippen LogP) is 4.19. The van der Waals surface area contributed by atoms with Crippen molar-refractivity contribution in [2.75, 3.05) is 5.75 Å². The number of hydrogen-bond donors (Lipinski definition) is 0. The molecule has 0 aliphatic rings. The Morgan fingerprint density at radius 1 is 1.43 bits per heavy atom. The second-order valence-corrected chi connectivity index (χ2v) is 6.75. The Balaban J connectivity index is 2.16. The van der Waals surface area contributed by atoms with Crippen LogP contribution in [0.2, 0.25) is 0 Å². The summed E-state index contributed by atoms with van der Waals surface area (Å²) in [6, 6.07) is 9.59. The first-order valence-electron chi connectivity index (χ1n) is 6.68. The monoisotopic (exact) mass is 316 g/mol. The van der Waals surface area contributed by atoms with Crippen LogP contribution in [0.15, 0.2) is 29.6 Å². The van der Waals surface area contributed by atoms with Gasteiger partial charge < -0.3 is 0 Å². The van der Waals surface area contributed by atoms with Crippen molar-refractivity contribution in [1.82, 2.24) is 4.98 Å². The average molecular weight is 316 g/mol. The van der Waals surface area contributed by atoms with Crippen LogP contribution in [0.1, 0.15) is 39.5 Å². The van der Waals surface area contributed by atoms with Gasteiger partial charge in [-0.3, -0.25) is 4.79 Å². The zero-order valence-corrected chi connectivity index (χ0v) is 13.6. The van der Waals surface area contributed by atoms with Gasteiger partial charge in [-0.25, -0.2) is 4.98 Å². The fourth-order valence-electron chi connectivity index (χ4n) is 1.88. The molecule has 0 amide bonds. The molecule has 108 valence electrons. The van der Waals surface area contributed by atoms with Gasteiger partial charge in [-0.1, -0.05) is 31.2 Å². The van der Waals surface area contributed by atoms with E-state index in [2.05, 4.69) is 18.0 Å². The lowest BCUT2D eigenvalue weighted by molar-refractivity contribution is 0.0979. The molecule has 1 aromatic carbocycles. The molecule has 3 nitrogen and oxygen atoms in total. The minimum atomic E-state index is -0.806. The standard InChI is InChI=1S/C16H16N2OS2/c1-3-20-10-12-4-6-13(7-5-12)15(19)14(8-17)16-18-11(2)9-21-16/h4-7,9,14H,3,10H2,1-2H3/t14-/m0/s1. The molecule has 1 heterocycles. The Morgan fingerprint density at radius 2 is 2.14 bits per heavy atom. The molecule has 0 bridgehead atoms. The first kappa shape index (κ1) is 15.7. The molecule has 0 aliphatic carbocycles. The highest BCUT2D eigenvalue weighted by atomic mass is 32.2. The molecule has 0 saturated carbocycles. The summed E-state index contributed by atoms with van der Waals surface area (Å²) in [6.07, 6.45) is 0. The number of nitriles is 1.